The molecule has 0 aliphatic carbocycles. The van der Waals surface area contributed by atoms with Crippen LogP contribution in [0.3, 0.4) is 0 Å². The van der Waals surface area contributed by atoms with E-state index in [1.54, 1.807) is 41.8 Å². The van der Waals surface area contributed by atoms with Crippen LogP contribution >= 0.6 is 0 Å². The fourth-order valence-corrected chi connectivity index (χ4v) is 3.84. The summed E-state index contributed by atoms with van der Waals surface area (Å²) in [7, 11) is 0. The van der Waals surface area contributed by atoms with Gasteiger partial charge in [-0.2, -0.15) is 0 Å². The average molecular weight is 447 g/mol. The van der Waals surface area contributed by atoms with Gasteiger partial charge in [0.25, 0.3) is 11.5 Å². The zero-order valence-corrected chi connectivity index (χ0v) is 18.5. The maximum atomic E-state index is 13.0. The normalized spacial score (nSPS) is 10.7. The summed E-state index contributed by atoms with van der Waals surface area (Å²) < 4.78 is 1.56. The third-order valence-corrected chi connectivity index (χ3v) is 5.54. The van der Waals surface area contributed by atoms with Crippen molar-refractivity contribution in [2.75, 3.05) is 10.6 Å². The molecule has 0 aliphatic rings. The quantitative estimate of drug-likeness (QED) is 0.364. The van der Waals surface area contributed by atoms with E-state index in [9.17, 15) is 9.59 Å². The van der Waals surface area contributed by atoms with Gasteiger partial charge in [0.1, 0.15) is 5.82 Å². The maximum absolute atomic E-state index is 13.0. The van der Waals surface area contributed by atoms with Gasteiger partial charge in [-0.25, -0.2) is 4.98 Å². The molecule has 1 amide bonds. The SMILES string of the molecule is Cc1nc2ccccc2c(=O)n1-c1ccc(C(=O)Nc2ccc(Nc3ccccc3)cc2)cc1. The molecule has 2 N–H and O–H groups in total. The highest BCUT2D eigenvalue weighted by molar-refractivity contribution is 6.04. The fraction of sp³-hybridized carbons (Fsp3) is 0.0357. The van der Waals surface area contributed by atoms with Gasteiger partial charge in [0.15, 0.2) is 0 Å². The van der Waals surface area contributed by atoms with Gasteiger partial charge >= 0.3 is 0 Å². The van der Waals surface area contributed by atoms with Crippen LogP contribution in [0.25, 0.3) is 16.6 Å². The van der Waals surface area contributed by atoms with E-state index in [2.05, 4.69) is 15.6 Å². The second-order valence-corrected chi connectivity index (χ2v) is 7.89. The highest BCUT2D eigenvalue weighted by Crippen LogP contribution is 2.20. The van der Waals surface area contributed by atoms with Crippen molar-refractivity contribution in [2.24, 2.45) is 0 Å². The van der Waals surface area contributed by atoms with Crippen molar-refractivity contribution in [2.45, 2.75) is 6.92 Å². The molecular formula is C28H22N4O2. The number of para-hydroxylation sites is 2. The van der Waals surface area contributed by atoms with E-state index in [0.29, 0.717) is 33.7 Å². The summed E-state index contributed by atoms with van der Waals surface area (Å²) in [6.07, 6.45) is 0. The lowest BCUT2D eigenvalue weighted by atomic mass is 10.1. The fourth-order valence-electron chi connectivity index (χ4n) is 3.84. The molecule has 0 radical (unpaired) electrons. The number of hydrogen-bond acceptors (Lipinski definition) is 4. The molecule has 0 saturated carbocycles. The van der Waals surface area contributed by atoms with E-state index in [-0.39, 0.29) is 11.5 Å². The number of aromatic nitrogens is 2. The van der Waals surface area contributed by atoms with Crippen LogP contribution in [-0.4, -0.2) is 15.5 Å². The lowest BCUT2D eigenvalue weighted by Gasteiger charge is -2.12. The molecule has 1 aromatic heterocycles. The van der Waals surface area contributed by atoms with Crippen molar-refractivity contribution < 1.29 is 4.79 Å². The minimum absolute atomic E-state index is 0.135. The average Bonchev–Trinajstić information content (AvgIpc) is 2.86. The number of fused-ring (bicyclic) bond motifs is 1. The largest absolute Gasteiger partial charge is 0.356 e. The monoisotopic (exact) mass is 446 g/mol. The summed E-state index contributed by atoms with van der Waals surface area (Å²) in [5, 5.41) is 6.78. The van der Waals surface area contributed by atoms with Crippen LogP contribution in [-0.2, 0) is 0 Å². The van der Waals surface area contributed by atoms with Gasteiger partial charge in [0, 0.05) is 22.6 Å². The summed E-state index contributed by atoms with van der Waals surface area (Å²) in [4.78, 5) is 30.3. The smallest absolute Gasteiger partial charge is 0.265 e. The van der Waals surface area contributed by atoms with Crippen LogP contribution < -0.4 is 16.2 Å². The lowest BCUT2D eigenvalue weighted by Crippen LogP contribution is -2.22. The van der Waals surface area contributed by atoms with E-state index >= 15 is 0 Å². The van der Waals surface area contributed by atoms with Gasteiger partial charge in [-0.05, 0) is 79.7 Å². The topological polar surface area (TPSA) is 76.0 Å². The Hall–Kier alpha value is -4.71. The number of benzene rings is 4. The van der Waals surface area contributed by atoms with Crippen molar-refractivity contribution >= 4 is 33.9 Å². The first-order chi connectivity index (χ1) is 16.6. The summed E-state index contributed by atoms with van der Waals surface area (Å²) in [5.74, 6) is 0.362. The first-order valence-electron chi connectivity index (χ1n) is 10.9. The number of aryl methyl sites for hydroxylation is 1. The maximum Gasteiger partial charge on any atom is 0.265 e. The molecule has 6 nitrogen and oxygen atoms in total. The van der Waals surface area contributed by atoms with Crippen molar-refractivity contribution in [1.82, 2.24) is 9.55 Å². The molecule has 5 rings (SSSR count). The zero-order chi connectivity index (χ0) is 23.5. The molecule has 0 atom stereocenters. The van der Waals surface area contributed by atoms with Crippen LogP contribution in [0.1, 0.15) is 16.2 Å². The van der Waals surface area contributed by atoms with E-state index in [1.807, 2.05) is 72.8 Å². The lowest BCUT2D eigenvalue weighted by molar-refractivity contribution is 0.102. The Morgan fingerprint density at radius 2 is 1.35 bits per heavy atom. The van der Waals surface area contributed by atoms with Gasteiger partial charge in [-0.3, -0.25) is 14.2 Å². The molecule has 166 valence electrons. The number of nitrogens with zero attached hydrogens (tertiary/aromatic N) is 2. The van der Waals surface area contributed by atoms with E-state index < -0.39 is 0 Å². The van der Waals surface area contributed by atoms with Gasteiger partial charge in [0.2, 0.25) is 0 Å². The van der Waals surface area contributed by atoms with E-state index in [1.165, 1.54) is 0 Å². The summed E-state index contributed by atoms with van der Waals surface area (Å²) in [6.45, 7) is 1.80. The molecule has 0 fully saturated rings. The first kappa shape index (κ1) is 21.2. The second-order valence-electron chi connectivity index (χ2n) is 7.89. The molecule has 0 aliphatic heterocycles. The molecule has 0 spiro atoms. The van der Waals surface area contributed by atoms with Crippen LogP contribution in [0.15, 0.2) is 108 Å². The second kappa shape index (κ2) is 9.03. The minimum Gasteiger partial charge on any atom is -0.356 e. The van der Waals surface area contributed by atoms with Crippen molar-refractivity contribution in [3.63, 3.8) is 0 Å². The number of amides is 1. The number of anilines is 3. The van der Waals surface area contributed by atoms with Crippen molar-refractivity contribution in [3.05, 3.63) is 125 Å². The number of carbonyl (C=O) groups is 1. The Morgan fingerprint density at radius 3 is 2.09 bits per heavy atom. The predicted octanol–water partition coefficient (Wildman–Crippen LogP) is 5.69. The summed E-state index contributed by atoms with van der Waals surface area (Å²) in [5.41, 5.74) is 4.31. The van der Waals surface area contributed by atoms with Gasteiger partial charge < -0.3 is 10.6 Å². The highest BCUT2D eigenvalue weighted by atomic mass is 16.1. The van der Waals surface area contributed by atoms with E-state index in [4.69, 9.17) is 0 Å². The number of rotatable bonds is 5. The number of nitrogens with one attached hydrogen (secondary N) is 2. The molecule has 34 heavy (non-hydrogen) atoms. The summed E-state index contributed by atoms with van der Waals surface area (Å²) >= 11 is 0. The Morgan fingerprint density at radius 1 is 0.735 bits per heavy atom. The molecule has 1 heterocycles. The molecule has 4 aromatic carbocycles. The van der Waals surface area contributed by atoms with Gasteiger partial charge in [-0.15, -0.1) is 0 Å². The molecule has 6 heteroatoms. The Bertz CT molecular complexity index is 1520. The van der Waals surface area contributed by atoms with Crippen LogP contribution in [0.5, 0.6) is 0 Å². The van der Waals surface area contributed by atoms with Crippen molar-refractivity contribution in [3.8, 4) is 5.69 Å². The van der Waals surface area contributed by atoms with Crippen LogP contribution in [0.2, 0.25) is 0 Å². The number of hydrogen-bond donors (Lipinski definition) is 2. The van der Waals surface area contributed by atoms with Gasteiger partial charge in [0.05, 0.1) is 16.6 Å². The van der Waals surface area contributed by atoms with Crippen molar-refractivity contribution in [1.29, 1.82) is 0 Å². The molecule has 0 unspecified atom stereocenters. The Labute approximate surface area is 196 Å². The zero-order valence-electron chi connectivity index (χ0n) is 18.5. The van der Waals surface area contributed by atoms with Gasteiger partial charge in [-0.1, -0.05) is 30.3 Å². The minimum atomic E-state index is -0.226. The predicted molar refractivity (Wildman–Crippen MR) is 136 cm³/mol. The standard InChI is InChI=1S/C28H22N4O2/c1-19-29-26-10-6-5-9-25(26)28(34)32(19)24-17-11-20(12-18-24)27(33)31-23-15-13-22(14-16-23)30-21-7-3-2-4-8-21/h2-18,30H,1H3,(H,31,33). The molecule has 5 aromatic rings. The Balaban J connectivity index is 1.32. The summed E-state index contributed by atoms with van der Waals surface area (Å²) in [6, 6.07) is 31.6. The van der Waals surface area contributed by atoms with E-state index in [0.717, 1.165) is 11.4 Å². The third-order valence-electron chi connectivity index (χ3n) is 5.54. The third kappa shape index (κ3) is 4.29. The molecule has 0 saturated heterocycles. The molecular weight excluding hydrogens is 424 g/mol. The Kier molecular flexibility index (Phi) is 5.62. The first-order valence-corrected chi connectivity index (χ1v) is 10.9. The molecule has 0 bridgehead atoms. The van der Waals surface area contributed by atoms with Crippen LogP contribution in [0.4, 0.5) is 17.1 Å². The van der Waals surface area contributed by atoms with Crippen LogP contribution in [0, 0.1) is 6.92 Å². The number of carbonyl (C=O) groups excluding carboxylic acids is 1. The highest BCUT2D eigenvalue weighted by Gasteiger charge is 2.11.